The van der Waals surface area contributed by atoms with Crippen molar-refractivity contribution in [3.63, 3.8) is 0 Å². The van der Waals surface area contributed by atoms with E-state index >= 15 is 0 Å². The summed E-state index contributed by atoms with van der Waals surface area (Å²) in [6.07, 6.45) is 0. The molecule has 0 aliphatic heterocycles. The van der Waals surface area contributed by atoms with Crippen molar-refractivity contribution in [3.05, 3.63) is 88.4 Å². The van der Waals surface area contributed by atoms with Gasteiger partial charge in [0.15, 0.2) is 11.5 Å². The van der Waals surface area contributed by atoms with Crippen molar-refractivity contribution in [1.29, 1.82) is 0 Å². The van der Waals surface area contributed by atoms with Gasteiger partial charge in [-0.25, -0.2) is 13.6 Å². The molecule has 0 radical (unpaired) electrons. The minimum absolute atomic E-state index is 0.0181. The number of hydrogen-bond donors (Lipinski definition) is 1. The van der Waals surface area contributed by atoms with Gasteiger partial charge in [0.05, 0.1) is 18.0 Å². The molecule has 0 aromatic heterocycles. The number of primary sulfonamides is 1. The summed E-state index contributed by atoms with van der Waals surface area (Å²) < 4.78 is 34.2. The van der Waals surface area contributed by atoms with Crippen molar-refractivity contribution in [3.8, 4) is 11.5 Å². The van der Waals surface area contributed by atoms with E-state index in [1.54, 1.807) is 48.3 Å². The summed E-state index contributed by atoms with van der Waals surface area (Å²) in [6, 6.07) is 18.2. The number of sulfonamides is 1. The first-order chi connectivity index (χ1) is 15.6. The summed E-state index contributed by atoms with van der Waals surface area (Å²) in [5, 5.41) is 5.75. The molecule has 7 nitrogen and oxygen atoms in total. The number of hydrogen-bond acceptors (Lipinski definition) is 5. The SMILES string of the molecule is COc1cc(C(=O)N(C)[C@H](C)c2ccc(S(N)(=O)=O)cc2)ccc1OCc1ccccc1Cl. The van der Waals surface area contributed by atoms with Crippen LogP contribution in [0.4, 0.5) is 0 Å². The van der Waals surface area contributed by atoms with Gasteiger partial charge in [0.25, 0.3) is 5.91 Å². The maximum atomic E-state index is 13.1. The average molecular weight is 489 g/mol. The molecule has 0 heterocycles. The topological polar surface area (TPSA) is 98.9 Å². The lowest BCUT2D eigenvalue weighted by molar-refractivity contribution is 0.0742. The highest BCUT2D eigenvalue weighted by atomic mass is 35.5. The van der Waals surface area contributed by atoms with E-state index in [9.17, 15) is 13.2 Å². The number of amides is 1. The molecule has 0 aliphatic rings. The van der Waals surface area contributed by atoms with Crippen molar-refractivity contribution in [2.24, 2.45) is 5.14 Å². The maximum Gasteiger partial charge on any atom is 0.254 e. The van der Waals surface area contributed by atoms with Crippen molar-refractivity contribution >= 4 is 27.5 Å². The zero-order chi connectivity index (χ0) is 24.2. The van der Waals surface area contributed by atoms with Crippen LogP contribution in [0.3, 0.4) is 0 Å². The van der Waals surface area contributed by atoms with Gasteiger partial charge in [-0.1, -0.05) is 41.9 Å². The van der Waals surface area contributed by atoms with Crippen LogP contribution in [0.2, 0.25) is 5.02 Å². The maximum absolute atomic E-state index is 13.1. The fraction of sp³-hybridized carbons (Fsp3) is 0.208. The van der Waals surface area contributed by atoms with Crippen LogP contribution in [0.5, 0.6) is 11.5 Å². The second kappa shape index (κ2) is 10.2. The Kier molecular flexibility index (Phi) is 7.63. The molecule has 1 amide bonds. The normalized spacial score (nSPS) is 12.2. The molecule has 0 aliphatic carbocycles. The van der Waals surface area contributed by atoms with E-state index in [-0.39, 0.29) is 23.5 Å². The second-order valence-electron chi connectivity index (χ2n) is 7.45. The van der Waals surface area contributed by atoms with Crippen molar-refractivity contribution < 1.29 is 22.7 Å². The lowest BCUT2D eigenvalue weighted by Gasteiger charge is -2.26. The minimum Gasteiger partial charge on any atom is -0.493 e. The Morgan fingerprint density at radius 1 is 1.06 bits per heavy atom. The first-order valence-corrected chi connectivity index (χ1v) is 12.0. The molecule has 0 bridgehead atoms. The van der Waals surface area contributed by atoms with Crippen LogP contribution in [0.15, 0.2) is 71.6 Å². The average Bonchev–Trinajstić information content (AvgIpc) is 2.81. The smallest absolute Gasteiger partial charge is 0.254 e. The predicted molar refractivity (Wildman–Crippen MR) is 127 cm³/mol. The van der Waals surface area contributed by atoms with E-state index in [1.807, 2.05) is 25.1 Å². The highest BCUT2D eigenvalue weighted by Crippen LogP contribution is 2.31. The van der Waals surface area contributed by atoms with E-state index in [0.29, 0.717) is 22.1 Å². The van der Waals surface area contributed by atoms with Crippen LogP contribution in [-0.4, -0.2) is 33.4 Å². The highest BCUT2D eigenvalue weighted by Gasteiger charge is 2.21. The molecule has 174 valence electrons. The fourth-order valence-electron chi connectivity index (χ4n) is 3.23. The number of benzene rings is 3. The summed E-state index contributed by atoms with van der Waals surface area (Å²) >= 11 is 6.18. The molecule has 0 saturated heterocycles. The highest BCUT2D eigenvalue weighted by molar-refractivity contribution is 7.89. The first kappa shape index (κ1) is 24.6. The summed E-state index contributed by atoms with van der Waals surface area (Å²) in [5.41, 5.74) is 2.03. The number of halogens is 1. The molecule has 3 rings (SSSR count). The van der Waals surface area contributed by atoms with E-state index < -0.39 is 10.0 Å². The van der Waals surface area contributed by atoms with E-state index in [0.717, 1.165) is 11.1 Å². The molecule has 9 heteroatoms. The zero-order valence-electron chi connectivity index (χ0n) is 18.5. The number of nitrogens with two attached hydrogens (primary N) is 1. The molecular formula is C24H25ClN2O5S. The molecule has 3 aromatic carbocycles. The summed E-state index contributed by atoms with van der Waals surface area (Å²) in [6.45, 7) is 2.11. The Labute approximate surface area is 198 Å². The quantitative estimate of drug-likeness (QED) is 0.506. The number of rotatable bonds is 8. The third kappa shape index (κ3) is 5.84. The van der Waals surface area contributed by atoms with E-state index in [4.69, 9.17) is 26.2 Å². The van der Waals surface area contributed by atoms with Gasteiger partial charge in [-0.2, -0.15) is 0 Å². The van der Waals surface area contributed by atoms with Gasteiger partial charge in [-0.15, -0.1) is 0 Å². The van der Waals surface area contributed by atoms with Gasteiger partial charge in [-0.3, -0.25) is 4.79 Å². The molecule has 0 fully saturated rings. The van der Waals surface area contributed by atoms with Crippen LogP contribution in [0.1, 0.15) is 34.5 Å². The number of methoxy groups -OCH3 is 1. The number of carbonyl (C=O) groups excluding carboxylic acids is 1. The van der Waals surface area contributed by atoms with Crippen molar-refractivity contribution in [2.75, 3.05) is 14.2 Å². The summed E-state index contributed by atoms with van der Waals surface area (Å²) in [4.78, 5) is 14.7. The Balaban J connectivity index is 1.75. The van der Waals surface area contributed by atoms with Gasteiger partial charge in [0, 0.05) is 23.2 Å². The zero-order valence-corrected chi connectivity index (χ0v) is 20.1. The minimum atomic E-state index is -3.78. The van der Waals surface area contributed by atoms with Crippen LogP contribution in [0, 0.1) is 0 Å². The van der Waals surface area contributed by atoms with Crippen molar-refractivity contribution in [1.82, 2.24) is 4.90 Å². The van der Waals surface area contributed by atoms with E-state index in [2.05, 4.69) is 0 Å². The number of ether oxygens (including phenoxy) is 2. The monoisotopic (exact) mass is 488 g/mol. The standard InChI is InChI=1S/C24H25ClN2O5S/c1-16(17-8-11-20(12-9-17)33(26,29)30)27(2)24(28)18-10-13-22(23(14-18)31-3)32-15-19-6-4-5-7-21(19)25/h4-14,16H,15H2,1-3H3,(H2,26,29,30)/t16-/m1/s1. The lowest BCUT2D eigenvalue weighted by Crippen LogP contribution is -2.29. The molecule has 33 heavy (non-hydrogen) atoms. The van der Waals surface area contributed by atoms with E-state index in [1.165, 1.54) is 19.2 Å². The van der Waals surface area contributed by atoms with Gasteiger partial charge < -0.3 is 14.4 Å². The Morgan fingerprint density at radius 2 is 1.73 bits per heavy atom. The predicted octanol–water partition coefficient (Wildman–Crippen LogP) is 4.41. The van der Waals surface area contributed by atoms with Gasteiger partial charge in [0.2, 0.25) is 10.0 Å². The van der Waals surface area contributed by atoms with Gasteiger partial charge in [-0.05, 0) is 48.9 Å². The van der Waals surface area contributed by atoms with Crippen LogP contribution in [0.25, 0.3) is 0 Å². The second-order valence-corrected chi connectivity index (χ2v) is 9.42. The largest absolute Gasteiger partial charge is 0.493 e. The Bertz CT molecular complexity index is 1250. The molecule has 2 N–H and O–H groups in total. The molecule has 1 atom stereocenters. The van der Waals surface area contributed by atoms with Crippen LogP contribution in [-0.2, 0) is 16.6 Å². The molecule has 0 spiro atoms. The number of nitrogens with zero attached hydrogens (tertiary/aromatic N) is 1. The summed E-state index contributed by atoms with van der Waals surface area (Å²) in [7, 11) is -0.595. The fourth-order valence-corrected chi connectivity index (χ4v) is 3.94. The molecular weight excluding hydrogens is 464 g/mol. The summed E-state index contributed by atoms with van der Waals surface area (Å²) in [5.74, 6) is 0.684. The first-order valence-electron chi connectivity index (χ1n) is 10.1. The molecule has 0 unspecified atom stereocenters. The third-order valence-corrected chi connectivity index (χ3v) is 6.64. The van der Waals surface area contributed by atoms with Crippen LogP contribution >= 0.6 is 11.6 Å². The Hall–Kier alpha value is -3.07. The van der Waals surface area contributed by atoms with Crippen LogP contribution < -0.4 is 14.6 Å². The van der Waals surface area contributed by atoms with Gasteiger partial charge >= 0.3 is 0 Å². The van der Waals surface area contributed by atoms with Gasteiger partial charge in [0.1, 0.15) is 6.61 Å². The third-order valence-electron chi connectivity index (χ3n) is 5.34. The van der Waals surface area contributed by atoms with Crippen molar-refractivity contribution in [2.45, 2.75) is 24.5 Å². The number of carbonyl (C=O) groups is 1. The lowest BCUT2D eigenvalue weighted by atomic mass is 10.1. The Morgan fingerprint density at radius 3 is 2.33 bits per heavy atom. The molecule has 3 aromatic rings. The molecule has 0 saturated carbocycles.